The summed E-state index contributed by atoms with van der Waals surface area (Å²) in [5.74, 6) is -0.619. The Morgan fingerprint density at radius 2 is 2.20 bits per heavy atom. The number of rotatable bonds is 5. The second-order valence-electron chi connectivity index (χ2n) is 4.07. The van der Waals surface area contributed by atoms with Crippen LogP contribution >= 0.6 is 24.0 Å². The number of nitrogens with one attached hydrogen (secondary N) is 2. The Bertz CT molecular complexity index is 505. The SMILES string of the molecule is C=C(C)CNC(N)=NCC(=O)Nc1cccc(F)c1.I. The normalized spacial score (nSPS) is 10.4. The lowest BCUT2D eigenvalue weighted by molar-refractivity contribution is -0.114. The quantitative estimate of drug-likeness (QED) is 0.310. The number of carbonyl (C=O) groups is 1. The number of benzene rings is 1. The lowest BCUT2D eigenvalue weighted by atomic mass is 10.3. The zero-order chi connectivity index (χ0) is 14.3. The van der Waals surface area contributed by atoms with E-state index >= 15 is 0 Å². The van der Waals surface area contributed by atoms with Crippen LogP contribution in [0.5, 0.6) is 0 Å². The van der Waals surface area contributed by atoms with Crippen LogP contribution in [0.15, 0.2) is 41.4 Å². The number of nitrogens with zero attached hydrogens (tertiary/aromatic N) is 1. The van der Waals surface area contributed by atoms with E-state index in [4.69, 9.17) is 5.73 Å². The van der Waals surface area contributed by atoms with Crippen LogP contribution in [0.1, 0.15) is 6.92 Å². The van der Waals surface area contributed by atoms with Crippen LogP contribution < -0.4 is 16.4 Å². The molecule has 20 heavy (non-hydrogen) atoms. The van der Waals surface area contributed by atoms with Crippen molar-refractivity contribution in [2.75, 3.05) is 18.4 Å². The van der Waals surface area contributed by atoms with E-state index in [-0.39, 0.29) is 42.4 Å². The molecule has 0 atom stereocenters. The number of hydrogen-bond acceptors (Lipinski definition) is 2. The Kier molecular flexibility index (Phi) is 8.53. The third-order valence-electron chi connectivity index (χ3n) is 2.07. The van der Waals surface area contributed by atoms with Gasteiger partial charge in [-0.3, -0.25) is 4.79 Å². The van der Waals surface area contributed by atoms with Crippen molar-refractivity contribution in [1.82, 2.24) is 5.32 Å². The molecule has 4 N–H and O–H groups in total. The van der Waals surface area contributed by atoms with Crippen LogP contribution in [0, 0.1) is 5.82 Å². The molecule has 0 unspecified atom stereocenters. The molecule has 0 aliphatic carbocycles. The van der Waals surface area contributed by atoms with E-state index in [0.717, 1.165) is 5.57 Å². The summed E-state index contributed by atoms with van der Waals surface area (Å²) in [7, 11) is 0. The predicted octanol–water partition coefficient (Wildman–Crippen LogP) is 1.86. The van der Waals surface area contributed by atoms with E-state index < -0.39 is 5.82 Å². The van der Waals surface area contributed by atoms with Gasteiger partial charge in [-0.05, 0) is 25.1 Å². The lowest BCUT2D eigenvalue weighted by Gasteiger charge is -2.06. The summed E-state index contributed by atoms with van der Waals surface area (Å²) in [6.07, 6.45) is 0. The molecule has 1 aromatic rings. The number of nitrogens with two attached hydrogens (primary N) is 1. The van der Waals surface area contributed by atoms with Crippen LogP contribution in [0.3, 0.4) is 0 Å². The Balaban J connectivity index is 0.00000361. The second kappa shape index (κ2) is 9.29. The van der Waals surface area contributed by atoms with Gasteiger partial charge in [0, 0.05) is 12.2 Å². The summed E-state index contributed by atoms with van der Waals surface area (Å²) >= 11 is 0. The third kappa shape index (κ3) is 7.72. The maximum atomic E-state index is 12.9. The molecule has 0 aliphatic heterocycles. The van der Waals surface area contributed by atoms with Gasteiger partial charge >= 0.3 is 0 Å². The second-order valence-corrected chi connectivity index (χ2v) is 4.07. The molecule has 1 aromatic carbocycles. The van der Waals surface area contributed by atoms with Gasteiger partial charge in [0.15, 0.2) is 5.96 Å². The van der Waals surface area contributed by atoms with E-state index in [0.29, 0.717) is 12.2 Å². The highest BCUT2D eigenvalue weighted by molar-refractivity contribution is 14.0. The fraction of sp³-hybridized carbons (Fsp3) is 0.231. The van der Waals surface area contributed by atoms with Crippen molar-refractivity contribution >= 4 is 41.5 Å². The molecule has 1 amide bonds. The van der Waals surface area contributed by atoms with Gasteiger partial charge in [0.05, 0.1) is 0 Å². The molecule has 0 radical (unpaired) electrons. The topological polar surface area (TPSA) is 79.5 Å². The van der Waals surface area contributed by atoms with Crippen molar-refractivity contribution in [2.24, 2.45) is 10.7 Å². The summed E-state index contributed by atoms with van der Waals surface area (Å²) in [6, 6.07) is 5.63. The smallest absolute Gasteiger partial charge is 0.246 e. The number of aliphatic imine (C=N–C) groups is 1. The van der Waals surface area contributed by atoms with E-state index in [1.807, 2.05) is 6.92 Å². The fourth-order valence-electron chi connectivity index (χ4n) is 1.22. The predicted molar refractivity (Wildman–Crippen MR) is 89.8 cm³/mol. The third-order valence-corrected chi connectivity index (χ3v) is 2.07. The summed E-state index contributed by atoms with van der Waals surface area (Å²) in [5, 5.41) is 5.31. The maximum absolute atomic E-state index is 12.9. The van der Waals surface area contributed by atoms with Crippen LogP contribution in [0.2, 0.25) is 0 Å². The molecule has 0 bridgehead atoms. The van der Waals surface area contributed by atoms with E-state index in [1.165, 1.54) is 18.2 Å². The van der Waals surface area contributed by atoms with E-state index in [2.05, 4.69) is 22.2 Å². The highest BCUT2D eigenvalue weighted by Crippen LogP contribution is 2.08. The minimum atomic E-state index is -0.413. The molecule has 5 nitrogen and oxygen atoms in total. The standard InChI is InChI=1S/C13H17FN4O.HI/c1-9(2)7-16-13(15)17-8-12(19)18-11-5-3-4-10(14)6-11;/h3-6H,1,7-8H2,2H3,(H,18,19)(H3,15,16,17);1H. The zero-order valence-electron chi connectivity index (χ0n) is 11.1. The van der Waals surface area contributed by atoms with Gasteiger partial charge in [0.1, 0.15) is 12.4 Å². The average Bonchev–Trinajstić information content (AvgIpc) is 2.34. The first-order valence-corrected chi connectivity index (χ1v) is 5.71. The Morgan fingerprint density at radius 1 is 1.50 bits per heavy atom. The number of guanidine groups is 1. The average molecular weight is 392 g/mol. The minimum Gasteiger partial charge on any atom is -0.370 e. The summed E-state index contributed by atoms with van der Waals surface area (Å²) in [6.45, 7) is 5.91. The molecule has 110 valence electrons. The van der Waals surface area contributed by atoms with Crippen LogP contribution in [0.25, 0.3) is 0 Å². The summed E-state index contributed by atoms with van der Waals surface area (Å²) in [4.78, 5) is 15.4. The zero-order valence-corrected chi connectivity index (χ0v) is 13.5. The summed E-state index contributed by atoms with van der Waals surface area (Å²) < 4.78 is 12.9. The molecular weight excluding hydrogens is 374 g/mol. The van der Waals surface area contributed by atoms with Crippen molar-refractivity contribution < 1.29 is 9.18 Å². The highest BCUT2D eigenvalue weighted by atomic mass is 127. The van der Waals surface area contributed by atoms with Gasteiger partial charge in [0.25, 0.3) is 0 Å². The minimum absolute atomic E-state index is 0. The van der Waals surface area contributed by atoms with Crippen molar-refractivity contribution in [1.29, 1.82) is 0 Å². The van der Waals surface area contributed by atoms with Crippen molar-refractivity contribution in [2.45, 2.75) is 6.92 Å². The number of anilines is 1. The van der Waals surface area contributed by atoms with Crippen molar-refractivity contribution in [3.05, 3.63) is 42.2 Å². The molecule has 0 spiro atoms. The van der Waals surface area contributed by atoms with E-state index in [1.54, 1.807) is 6.07 Å². The van der Waals surface area contributed by atoms with Gasteiger partial charge in [-0.15, -0.1) is 24.0 Å². The van der Waals surface area contributed by atoms with E-state index in [9.17, 15) is 9.18 Å². The van der Waals surface area contributed by atoms with Crippen molar-refractivity contribution in [3.8, 4) is 0 Å². The molecular formula is C13H18FIN4O. The number of halogens is 2. The Labute approximate surface area is 134 Å². The van der Waals surface area contributed by atoms with Gasteiger partial charge in [0.2, 0.25) is 5.91 Å². The monoisotopic (exact) mass is 392 g/mol. The molecule has 7 heteroatoms. The van der Waals surface area contributed by atoms with Crippen LogP contribution in [0.4, 0.5) is 10.1 Å². The molecule has 0 saturated carbocycles. The number of amides is 1. The maximum Gasteiger partial charge on any atom is 0.246 e. The first-order valence-electron chi connectivity index (χ1n) is 5.71. The Hall–Kier alpha value is -1.64. The highest BCUT2D eigenvalue weighted by Gasteiger charge is 2.02. The molecule has 0 aliphatic rings. The first-order chi connectivity index (χ1) is 8.97. The molecule has 0 aromatic heterocycles. The lowest BCUT2D eigenvalue weighted by Crippen LogP contribution is -2.33. The summed E-state index contributed by atoms with van der Waals surface area (Å²) in [5.41, 5.74) is 6.83. The molecule has 0 fully saturated rings. The molecule has 0 heterocycles. The van der Waals surface area contributed by atoms with Gasteiger partial charge in [-0.2, -0.15) is 0 Å². The Morgan fingerprint density at radius 3 is 2.80 bits per heavy atom. The van der Waals surface area contributed by atoms with Crippen LogP contribution in [-0.2, 0) is 4.79 Å². The molecule has 1 rings (SSSR count). The van der Waals surface area contributed by atoms with Gasteiger partial charge in [-0.1, -0.05) is 18.2 Å². The van der Waals surface area contributed by atoms with Crippen LogP contribution in [-0.4, -0.2) is 25.0 Å². The number of hydrogen-bond donors (Lipinski definition) is 3. The van der Waals surface area contributed by atoms with Gasteiger partial charge in [-0.25, -0.2) is 9.38 Å². The van der Waals surface area contributed by atoms with Crippen molar-refractivity contribution in [3.63, 3.8) is 0 Å². The van der Waals surface area contributed by atoms with Gasteiger partial charge < -0.3 is 16.4 Å². The largest absolute Gasteiger partial charge is 0.370 e. The fourth-order valence-corrected chi connectivity index (χ4v) is 1.22. The molecule has 0 saturated heterocycles. The number of carbonyl (C=O) groups excluding carboxylic acids is 1. The first kappa shape index (κ1) is 18.4.